The lowest BCUT2D eigenvalue weighted by Crippen LogP contribution is -2.40. The van der Waals surface area contributed by atoms with Crippen LogP contribution < -0.4 is 14.5 Å². The molecule has 0 aliphatic carbocycles. The van der Waals surface area contributed by atoms with Gasteiger partial charge < -0.3 is 4.74 Å². The van der Waals surface area contributed by atoms with Gasteiger partial charge in [-0.2, -0.15) is 16.9 Å². The molecule has 1 amide bonds. The molecule has 3 aromatic rings. The predicted molar refractivity (Wildman–Crippen MR) is 146 cm³/mol. The van der Waals surface area contributed by atoms with Gasteiger partial charge >= 0.3 is 0 Å². The number of ether oxygens (including phenoxy) is 1. The van der Waals surface area contributed by atoms with E-state index < -0.39 is 22.5 Å². The Morgan fingerprint density at radius 1 is 1.06 bits per heavy atom. The highest BCUT2D eigenvalue weighted by Gasteiger charge is 2.28. The number of nitrogens with one attached hydrogen (secondary N) is 1. The topological polar surface area (TPSA) is 88.1 Å². The van der Waals surface area contributed by atoms with Gasteiger partial charge in [0.2, 0.25) is 0 Å². The van der Waals surface area contributed by atoms with Crippen molar-refractivity contribution in [1.82, 2.24) is 5.43 Å². The molecule has 1 aliphatic heterocycles. The minimum Gasteiger partial charge on any atom is -0.489 e. The number of nitrogens with zero attached hydrogens (tertiary/aromatic N) is 2. The van der Waals surface area contributed by atoms with Crippen molar-refractivity contribution < 1.29 is 17.9 Å². The van der Waals surface area contributed by atoms with E-state index in [0.717, 1.165) is 43.8 Å². The van der Waals surface area contributed by atoms with Crippen LogP contribution in [0.25, 0.3) is 0 Å². The monoisotopic (exact) mass is 523 g/mol. The summed E-state index contributed by atoms with van der Waals surface area (Å²) in [5, 5.41) is 4.04. The number of thioether (sulfide) groups is 1. The highest BCUT2D eigenvalue weighted by Crippen LogP contribution is 2.28. The quantitative estimate of drug-likeness (QED) is 0.331. The third kappa shape index (κ3) is 6.27. The van der Waals surface area contributed by atoms with E-state index in [9.17, 15) is 13.2 Å². The Morgan fingerprint density at radius 3 is 2.47 bits per heavy atom. The van der Waals surface area contributed by atoms with Gasteiger partial charge in [-0.05, 0) is 67.8 Å². The Morgan fingerprint density at radius 2 is 1.78 bits per heavy atom. The lowest BCUT2D eigenvalue weighted by Gasteiger charge is -2.26. The summed E-state index contributed by atoms with van der Waals surface area (Å²) in [7, 11) is -3.99. The third-order valence-corrected chi connectivity index (χ3v) is 8.69. The zero-order valence-corrected chi connectivity index (χ0v) is 22.1. The molecule has 1 fully saturated rings. The van der Waals surface area contributed by atoms with Crippen molar-refractivity contribution in [2.45, 2.75) is 31.8 Å². The molecule has 1 N–H and O–H groups in total. The Bertz CT molecular complexity index is 1370. The highest BCUT2D eigenvalue weighted by atomic mass is 32.2. The summed E-state index contributed by atoms with van der Waals surface area (Å²) >= 11 is 1.85. The molecule has 36 heavy (non-hydrogen) atoms. The maximum absolute atomic E-state index is 13.6. The lowest BCUT2D eigenvalue weighted by atomic mass is 10.1. The molecule has 0 aromatic heterocycles. The van der Waals surface area contributed by atoms with Gasteiger partial charge in [-0.25, -0.2) is 13.8 Å². The summed E-state index contributed by atoms with van der Waals surface area (Å²) < 4.78 is 34.2. The molecule has 7 nitrogen and oxygen atoms in total. The molecule has 0 saturated carbocycles. The molecule has 0 unspecified atom stereocenters. The van der Waals surface area contributed by atoms with E-state index in [1.165, 1.54) is 6.21 Å². The number of hydrogen-bond acceptors (Lipinski definition) is 6. The molecule has 1 saturated heterocycles. The summed E-state index contributed by atoms with van der Waals surface area (Å²) in [6.07, 6.45) is 1.74. The molecule has 0 atom stereocenters. The van der Waals surface area contributed by atoms with Gasteiger partial charge in [-0.15, -0.1) is 0 Å². The second-order valence-electron chi connectivity index (χ2n) is 8.76. The molecule has 0 spiro atoms. The molecule has 1 aliphatic rings. The van der Waals surface area contributed by atoms with Crippen molar-refractivity contribution in [2.24, 2.45) is 5.10 Å². The normalized spacial score (nSPS) is 13.9. The maximum Gasteiger partial charge on any atom is 0.264 e. The molecule has 188 valence electrons. The average molecular weight is 524 g/mol. The Labute approximate surface area is 216 Å². The molecule has 9 heteroatoms. The minimum atomic E-state index is -3.99. The van der Waals surface area contributed by atoms with Crippen LogP contribution in [0, 0.1) is 20.8 Å². The first-order valence-electron chi connectivity index (χ1n) is 11.6. The predicted octanol–water partition coefficient (Wildman–Crippen LogP) is 4.45. The van der Waals surface area contributed by atoms with Crippen LogP contribution in [0.5, 0.6) is 5.75 Å². The molecule has 0 bridgehead atoms. The first kappa shape index (κ1) is 25.8. The van der Waals surface area contributed by atoms with Crippen LogP contribution in [0.4, 0.5) is 5.69 Å². The van der Waals surface area contributed by atoms with E-state index in [1.807, 2.05) is 68.9 Å². The van der Waals surface area contributed by atoms with Gasteiger partial charge in [0, 0.05) is 11.5 Å². The van der Waals surface area contributed by atoms with Crippen molar-refractivity contribution in [3.05, 3.63) is 89.0 Å². The SMILES string of the molecule is Cc1ccc(S(=O)(=O)N(CC(=O)N/N=C/c2cccc(OC3CSC3)c2)c2cc(C)ccc2C)cc1. The fraction of sp³-hybridized carbons (Fsp3) is 0.259. The number of benzene rings is 3. The van der Waals surface area contributed by atoms with Gasteiger partial charge in [-0.3, -0.25) is 9.10 Å². The second-order valence-corrected chi connectivity index (χ2v) is 11.7. The molecular formula is C27H29N3O4S2. The molecule has 4 rings (SSSR count). The Hall–Kier alpha value is -3.30. The summed E-state index contributed by atoms with van der Waals surface area (Å²) in [5.41, 5.74) is 6.25. The van der Waals surface area contributed by atoms with Crippen LogP contribution in [0.15, 0.2) is 76.7 Å². The zero-order chi connectivity index (χ0) is 25.7. The van der Waals surface area contributed by atoms with E-state index in [2.05, 4.69) is 10.5 Å². The van der Waals surface area contributed by atoms with Gasteiger partial charge in [0.05, 0.1) is 16.8 Å². The van der Waals surface area contributed by atoms with Gasteiger partial charge in [0.15, 0.2) is 0 Å². The minimum absolute atomic E-state index is 0.118. The van der Waals surface area contributed by atoms with E-state index in [0.29, 0.717) is 5.69 Å². The average Bonchev–Trinajstić information content (AvgIpc) is 2.82. The Balaban J connectivity index is 1.52. The first-order valence-corrected chi connectivity index (χ1v) is 14.1. The lowest BCUT2D eigenvalue weighted by molar-refractivity contribution is -0.119. The number of carbonyl (C=O) groups is 1. The van der Waals surface area contributed by atoms with Crippen molar-refractivity contribution >= 4 is 39.6 Å². The number of hydrogen-bond donors (Lipinski definition) is 1. The van der Waals surface area contributed by atoms with E-state index in [1.54, 1.807) is 30.3 Å². The largest absolute Gasteiger partial charge is 0.489 e. The van der Waals surface area contributed by atoms with Crippen LogP contribution in [0.2, 0.25) is 0 Å². The highest BCUT2D eigenvalue weighted by molar-refractivity contribution is 8.00. The van der Waals surface area contributed by atoms with E-state index >= 15 is 0 Å². The van der Waals surface area contributed by atoms with Crippen LogP contribution in [0.1, 0.15) is 22.3 Å². The first-order chi connectivity index (χ1) is 17.2. The number of carbonyl (C=O) groups excluding carboxylic acids is 1. The standard InChI is InChI=1S/C27H29N3O4S2/c1-19-8-11-25(12-9-19)36(32,33)30(26-13-20(2)7-10-21(26)3)16-27(31)29-28-15-22-5-4-6-23(14-22)34-24-17-35-18-24/h4-15,24H,16-18H2,1-3H3,(H,29,31)/b28-15+. The molecule has 3 aromatic carbocycles. The van der Waals surface area contributed by atoms with Crippen LogP contribution in [0.3, 0.4) is 0 Å². The second kappa shape index (κ2) is 11.2. The number of aryl methyl sites for hydroxylation is 3. The summed E-state index contributed by atoms with van der Waals surface area (Å²) in [6.45, 7) is 5.17. The number of sulfonamides is 1. The number of anilines is 1. The number of rotatable bonds is 9. The molecule has 0 radical (unpaired) electrons. The van der Waals surface area contributed by atoms with Crippen molar-refractivity contribution in [2.75, 3.05) is 22.4 Å². The van der Waals surface area contributed by atoms with Crippen LogP contribution >= 0.6 is 11.8 Å². The van der Waals surface area contributed by atoms with Gasteiger partial charge in [0.1, 0.15) is 18.4 Å². The van der Waals surface area contributed by atoms with Gasteiger partial charge in [0.25, 0.3) is 15.9 Å². The summed E-state index contributed by atoms with van der Waals surface area (Å²) in [6, 6.07) is 19.5. The number of amides is 1. The Kier molecular flexibility index (Phi) is 8.01. The van der Waals surface area contributed by atoms with Crippen molar-refractivity contribution in [1.29, 1.82) is 0 Å². The fourth-order valence-corrected chi connectivity index (χ4v) is 5.65. The summed E-state index contributed by atoms with van der Waals surface area (Å²) in [5.74, 6) is 2.16. The number of hydrazone groups is 1. The summed E-state index contributed by atoms with van der Waals surface area (Å²) in [4.78, 5) is 13.0. The van der Waals surface area contributed by atoms with Crippen LogP contribution in [-0.4, -0.2) is 44.7 Å². The van der Waals surface area contributed by atoms with E-state index in [-0.39, 0.29) is 11.0 Å². The molecule has 1 heterocycles. The maximum atomic E-state index is 13.6. The van der Waals surface area contributed by atoms with E-state index in [4.69, 9.17) is 4.74 Å². The van der Waals surface area contributed by atoms with Crippen molar-refractivity contribution in [3.63, 3.8) is 0 Å². The third-order valence-electron chi connectivity index (χ3n) is 5.70. The zero-order valence-electron chi connectivity index (χ0n) is 20.5. The fourth-order valence-electron chi connectivity index (χ4n) is 3.61. The van der Waals surface area contributed by atoms with Crippen LogP contribution in [-0.2, 0) is 14.8 Å². The van der Waals surface area contributed by atoms with Gasteiger partial charge in [-0.1, -0.05) is 42.0 Å². The van der Waals surface area contributed by atoms with Crippen molar-refractivity contribution in [3.8, 4) is 5.75 Å². The molecular weight excluding hydrogens is 494 g/mol. The smallest absolute Gasteiger partial charge is 0.264 e.